The molecule has 0 spiro atoms. The average Bonchev–Trinajstić information content (AvgIpc) is 3.29. The molecule has 0 aliphatic rings. The number of aromatic nitrogens is 4. The molecule has 57 heavy (non-hydrogen) atoms. The van der Waals surface area contributed by atoms with Gasteiger partial charge in [0.1, 0.15) is 0 Å². The van der Waals surface area contributed by atoms with Crippen molar-refractivity contribution in [1.29, 1.82) is 0 Å². The SMILES string of the molecule is [Ir].[c-]1ccc(-c2cccc(-c3cc(-c4cccnc4)cc(-c4cccnc4)c3)c2)cc1-c1nccc2ccccc12.[c-]1ccccc1-c1nccc2ccccc12. The molecule has 0 unspecified atom stereocenters. The number of rotatable bonds is 6. The molecular weight excluding hydrogens is 873 g/mol. The van der Waals surface area contributed by atoms with E-state index in [2.05, 4.69) is 130 Å². The zero-order valence-corrected chi connectivity index (χ0v) is 33.1. The Morgan fingerprint density at radius 3 is 1.40 bits per heavy atom. The summed E-state index contributed by atoms with van der Waals surface area (Å²) in [6.45, 7) is 0. The van der Waals surface area contributed by atoms with Crippen LogP contribution in [0.5, 0.6) is 0 Å². The zero-order valence-electron chi connectivity index (χ0n) is 30.8. The third-order valence-corrected chi connectivity index (χ3v) is 9.82. The van der Waals surface area contributed by atoms with Gasteiger partial charge in [0.2, 0.25) is 0 Å². The van der Waals surface area contributed by atoms with Crippen molar-refractivity contribution in [3.05, 3.63) is 219 Å². The van der Waals surface area contributed by atoms with Gasteiger partial charge in [0.15, 0.2) is 0 Å². The summed E-state index contributed by atoms with van der Waals surface area (Å²) in [6, 6.07) is 65.1. The van der Waals surface area contributed by atoms with Crippen molar-refractivity contribution in [1.82, 2.24) is 19.9 Å². The fourth-order valence-corrected chi connectivity index (χ4v) is 7.06. The van der Waals surface area contributed by atoms with Crippen LogP contribution in [0, 0.1) is 12.1 Å². The second-order valence-corrected chi connectivity index (χ2v) is 13.4. The Hall–Kier alpha value is -6.91. The molecule has 0 amide bonds. The van der Waals surface area contributed by atoms with Crippen LogP contribution in [0.1, 0.15) is 0 Å². The molecule has 4 aromatic heterocycles. The van der Waals surface area contributed by atoms with E-state index in [1.807, 2.05) is 91.5 Å². The van der Waals surface area contributed by atoms with Crippen LogP contribution >= 0.6 is 0 Å². The summed E-state index contributed by atoms with van der Waals surface area (Å²) < 4.78 is 0. The van der Waals surface area contributed by atoms with E-state index >= 15 is 0 Å². The van der Waals surface area contributed by atoms with Gasteiger partial charge in [-0.05, 0) is 109 Å². The molecule has 4 nitrogen and oxygen atoms in total. The summed E-state index contributed by atoms with van der Waals surface area (Å²) in [5.74, 6) is 0. The number of nitrogens with zero attached hydrogens (tertiary/aromatic N) is 4. The van der Waals surface area contributed by atoms with E-state index in [1.165, 1.54) is 16.2 Å². The largest absolute Gasteiger partial charge is 0.304 e. The fourth-order valence-electron chi connectivity index (χ4n) is 7.06. The molecule has 0 aliphatic heterocycles. The number of pyridine rings is 4. The van der Waals surface area contributed by atoms with E-state index in [0.29, 0.717) is 0 Å². The zero-order chi connectivity index (χ0) is 37.5. The minimum atomic E-state index is 0. The molecule has 10 aromatic rings. The van der Waals surface area contributed by atoms with Gasteiger partial charge in [0, 0.05) is 68.4 Å². The molecule has 10 rings (SSSR count). The third kappa shape index (κ3) is 8.22. The molecule has 1 radical (unpaired) electrons. The van der Waals surface area contributed by atoms with Crippen LogP contribution in [0.15, 0.2) is 207 Å². The van der Waals surface area contributed by atoms with E-state index in [1.54, 1.807) is 12.4 Å². The van der Waals surface area contributed by atoms with Crippen molar-refractivity contribution >= 4 is 21.5 Å². The molecule has 0 atom stereocenters. The van der Waals surface area contributed by atoms with Gasteiger partial charge in [-0.3, -0.25) is 9.97 Å². The van der Waals surface area contributed by atoms with Crippen molar-refractivity contribution in [2.45, 2.75) is 0 Å². The Bertz CT molecular complexity index is 2850. The van der Waals surface area contributed by atoms with E-state index in [9.17, 15) is 0 Å². The van der Waals surface area contributed by atoms with Gasteiger partial charge < -0.3 is 9.97 Å². The topological polar surface area (TPSA) is 51.6 Å². The average molecular weight is 907 g/mol. The molecular formula is C52H34IrN4-2. The van der Waals surface area contributed by atoms with Gasteiger partial charge in [0.05, 0.1) is 0 Å². The Morgan fingerprint density at radius 1 is 0.333 bits per heavy atom. The van der Waals surface area contributed by atoms with Gasteiger partial charge in [-0.2, -0.15) is 0 Å². The monoisotopic (exact) mass is 907 g/mol. The maximum absolute atomic E-state index is 4.71. The molecule has 0 saturated carbocycles. The summed E-state index contributed by atoms with van der Waals surface area (Å²) in [5.41, 5.74) is 12.9. The first-order chi connectivity index (χ1) is 27.8. The summed E-state index contributed by atoms with van der Waals surface area (Å²) in [6.07, 6.45) is 11.1. The third-order valence-electron chi connectivity index (χ3n) is 9.82. The molecule has 5 heteroatoms. The predicted molar refractivity (Wildman–Crippen MR) is 229 cm³/mol. The van der Waals surface area contributed by atoms with Crippen LogP contribution in [0.25, 0.3) is 88.6 Å². The fraction of sp³-hybridized carbons (Fsp3) is 0. The number of fused-ring (bicyclic) bond motifs is 2. The Kier molecular flexibility index (Phi) is 11.2. The van der Waals surface area contributed by atoms with Gasteiger partial charge in [-0.15, -0.1) is 71.3 Å². The standard InChI is InChI=1S/C37H24N3.C15H10N.Ir/c1-2-14-36-26(7-1)15-18-40-37(36)30-11-4-9-28(20-30)27-8-3-10-29(19-27)33-21-34(31-12-5-16-38-24-31)23-35(22-33)32-13-6-17-39-25-32;1-2-7-13(8-3-1)15-14-9-5-4-6-12(14)10-11-16-15;/h1-10,12-25H;1-7,9-11H;/q2*-1;. The van der Waals surface area contributed by atoms with Crippen LogP contribution in [0.3, 0.4) is 0 Å². The maximum atomic E-state index is 4.71. The van der Waals surface area contributed by atoms with E-state index in [-0.39, 0.29) is 20.1 Å². The van der Waals surface area contributed by atoms with E-state index < -0.39 is 0 Å². The molecule has 0 aliphatic carbocycles. The number of hydrogen-bond donors (Lipinski definition) is 0. The Labute approximate surface area is 346 Å². The van der Waals surface area contributed by atoms with E-state index in [0.717, 1.165) is 72.4 Å². The van der Waals surface area contributed by atoms with Crippen LogP contribution in [0.2, 0.25) is 0 Å². The minimum absolute atomic E-state index is 0. The van der Waals surface area contributed by atoms with E-state index in [4.69, 9.17) is 4.98 Å². The minimum Gasteiger partial charge on any atom is -0.304 e. The number of hydrogen-bond acceptors (Lipinski definition) is 4. The summed E-state index contributed by atoms with van der Waals surface area (Å²) in [5, 5.41) is 4.69. The van der Waals surface area contributed by atoms with Gasteiger partial charge in [-0.1, -0.05) is 78.9 Å². The van der Waals surface area contributed by atoms with Crippen molar-refractivity contribution in [2.24, 2.45) is 0 Å². The number of benzene rings is 6. The van der Waals surface area contributed by atoms with Crippen LogP contribution in [0.4, 0.5) is 0 Å². The summed E-state index contributed by atoms with van der Waals surface area (Å²) in [4.78, 5) is 17.9. The van der Waals surface area contributed by atoms with Crippen molar-refractivity contribution in [3.63, 3.8) is 0 Å². The van der Waals surface area contributed by atoms with Gasteiger partial charge >= 0.3 is 0 Å². The first-order valence-corrected chi connectivity index (χ1v) is 18.5. The maximum Gasteiger partial charge on any atom is 0.0346 e. The Balaban J connectivity index is 0.000000224. The molecule has 0 bridgehead atoms. The molecule has 0 saturated heterocycles. The van der Waals surface area contributed by atoms with Crippen molar-refractivity contribution in [2.75, 3.05) is 0 Å². The first-order valence-electron chi connectivity index (χ1n) is 18.5. The quantitative estimate of drug-likeness (QED) is 0.156. The van der Waals surface area contributed by atoms with Gasteiger partial charge in [-0.25, -0.2) is 0 Å². The predicted octanol–water partition coefficient (Wildman–Crippen LogP) is 12.9. The Morgan fingerprint density at radius 2 is 0.825 bits per heavy atom. The van der Waals surface area contributed by atoms with Crippen LogP contribution < -0.4 is 0 Å². The molecule has 0 fully saturated rings. The van der Waals surface area contributed by atoms with Crippen LogP contribution in [-0.4, -0.2) is 19.9 Å². The molecule has 0 N–H and O–H groups in total. The van der Waals surface area contributed by atoms with Crippen LogP contribution in [-0.2, 0) is 20.1 Å². The molecule has 6 aromatic carbocycles. The smallest absolute Gasteiger partial charge is 0.0346 e. The molecule has 273 valence electrons. The summed E-state index contributed by atoms with van der Waals surface area (Å²) in [7, 11) is 0. The second-order valence-electron chi connectivity index (χ2n) is 13.4. The van der Waals surface area contributed by atoms with Gasteiger partial charge in [0.25, 0.3) is 0 Å². The van der Waals surface area contributed by atoms with Crippen molar-refractivity contribution in [3.8, 4) is 67.0 Å². The second kappa shape index (κ2) is 17.3. The summed E-state index contributed by atoms with van der Waals surface area (Å²) >= 11 is 0. The first kappa shape index (κ1) is 37.0. The molecule has 4 heterocycles. The normalized spacial score (nSPS) is 10.7. The van der Waals surface area contributed by atoms with Crippen molar-refractivity contribution < 1.29 is 20.1 Å².